The van der Waals surface area contributed by atoms with Crippen LogP contribution >= 0.6 is 0 Å². The Labute approximate surface area is 102 Å². The van der Waals surface area contributed by atoms with Gasteiger partial charge in [-0.25, -0.2) is 4.39 Å². The fourth-order valence-corrected chi connectivity index (χ4v) is 2.11. The second kappa shape index (κ2) is 5.94. The molecule has 0 saturated carbocycles. The summed E-state index contributed by atoms with van der Waals surface area (Å²) >= 11 is 0. The summed E-state index contributed by atoms with van der Waals surface area (Å²) in [5.74, 6) is -0.179. The molecule has 0 radical (unpaired) electrons. The van der Waals surface area contributed by atoms with Crippen molar-refractivity contribution < 1.29 is 4.39 Å². The molecule has 2 nitrogen and oxygen atoms in total. The lowest BCUT2D eigenvalue weighted by Crippen LogP contribution is -2.43. The van der Waals surface area contributed by atoms with Gasteiger partial charge in [-0.15, -0.1) is 0 Å². The van der Waals surface area contributed by atoms with Crippen molar-refractivity contribution in [1.29, 1.82) is 0 Å². The van der Waals surface area contributed by atoms with Gasteiger partial charge in [-0.1, -0.05) is 23.8 Å². The van der Waals surface area contributed by atoms with Gasteiger partial charge in [0, 0.05) is 32.7 Å². The second-order valence-corrected chi connectivity index (χ2v) is 4.57. The molecule has 1 saturated heterocycles. The fourth-order valence-electron chi connectivity index (χ4n) is 2.11. The van der Waals surface area contributed by atoms with Gasteiger partial charge in [-0.2, -0.15) is 0 Å². The standard InChI is InChI=1S/C14H19FN2/c1-12(11-17-8-6-16-7-9-17)10-13-2-4-14(15)5-3-13/h2-5,10,16H,6-9,11H2,1H3. The molecule has 0 unspecified atom stereocenters. The van der Waals surface area contributed by atoms with Crippen LogP contribution < -0.4 is 5.32 Å². The lowest BCUT2D eigenvalue weighted by molar-refractivity contribution is 0.260. The van der Waals surface area contributed by atoms with Crippen molar-refractivity contribution in [3.05, 3.63) is 41.2 Å². The van der Waals surface area contributed by atoms with E-state index in [1.807, 2.05) is 12.1 Å². The lowest BCUT2D eigenvalue weighted by atomic mass is 10.1. The summed E-state index contributed by atoms with van der Waals surface area (Å²) in [6.07, 6.45) is 2.13. The van der Waals surface area contributed by atoms with E-state index in [2.05, 4.69) is 23.2 Å². The highest BCUT2D eigenvalue weighted by Gasteiger charge is 2.09. The first-order valence-corrected chi connectivity index (χ1v) is 6.10. The predicted octanol–water partition coefficient (Wildman–Crippen LogP) is 2.13. The summed E-state index contributed by atoms with van der Waals surface area (Å²) < 4.78 is 12.8. The molecule has 0 bridgehead atoms. The molecule has 1 aromatic carbocycles. The zero-order valence-corrected chi connectivity index (χ0v) is 10.2. The molecule has 2 rings (SSSR count). The van der Waals surface area contributed by atoms with Crippen LogP contribution in [0, 0.1) is 5.82 Å². The fraction of sp³-hybridized carbons (Fsp3) is 0.429. The molecule has 0 atom stereocenters. The molecule has 1 aromatic rings. The summed E-state index contributed by atoms with van der Waals surface area (Å²) in [5.41, 5.74) is 2.39. The van der Waals surface area contributed by atoms with Crippen molar-refractivity contribution in [2.24, 2.45) is 0 Å². The van der Waals surface area contributed by atoms with Gasteiger partial charge in [-0.3, -0.25) is 4.90 Å². The number of hydrogen-bond donors (Lipinski definition) is 1. The third kappa shape index (κ3) is 3.95. The van der Waals surface area contributed by atoms with E-state index in [4.69, 9.17) is 0 Å². The van der Waals surface area contributed by atoms with Crippen LogP contribution in [0.3, 0.4) is 0 Å². The van der Waals surface area contributed by atoms with E-state index in [-0.39, 0.29) is 5.82 Å². The average molecular weight is 234 g/mol. The van der Waals surface area contributed by atoms with Crippen LogP contribution in [0.5, 0.6) is 0 Å². The topological polar surface area (TPSA) is 15.3 Å². The minimum Gasteiger partial charge on any atom is -0.314 e. The summed E-state index contributed by atoms with van der Waals surface area (Å²) in [6.45, 7) is 7.49. The van der Waals surface area contributed by atoms with E-state index in [1.165, 1.54) is 17.7 Å². The number of halogens is 1. The normalized spacial score (nSPS) is 18.4. The zero-order valence-electron chi connectivity index (χ0n) is 10.2. The highest BCUT2D eigenvalue weighted by atomic mass is 19.1. The van der Waals surface area contributed by atoms with Crippen molar-refractivity contribution in [2.45, 2.75) is 6.92 Å². The van der Waals surface area contributed by atoms with E-state index in [0.29, 0.717) is 0 Å². The van der Waals surface area contributed by atoms with Crippen molar-refractivity contribution >= 4 is 6.08 Å². The Morgan fingerprint density at radius 3 is 2.59 bits per heavy atom. The Kier molecular flexibility index (Phi) is 4.29. The summed E-state index contributed by atoms with van der Waals surface area (Å²) in [7, 11) is 0. The maximum atomic E-state index is 12.8. The predicted molar refractivity (Wildman–Crippen MR) is 69.4 cm³/mol. The molecule has 17 heavy (non-hydrogen) atoms. The Morgan fingerprint density at radius 1 is 1.29 bits per heavy atom. The molecule has 0 spiro atoms. The van der Waals surface area contributed by atoms with E-state index in [9.17, 15) is 4.39 Å². The van der Waals surface area contributed by atoms with Crippen LogP contribution in [0.2, 0.25) is 0 Å². The molecule has 1 heterocycles. The van der Waals surface area contributed by atoms with Crippen LogP contribution in [-0.2, 0) is 0 Å². The van der Waals surface area contributed by atoms with E-state index < -0.39 is 0 Å². The third-order valence-electron chi connectivity index (χ3n) is 2.97. The van der Waals surface area contributed by atoms with Gasteiger partial charge in [0.05, 0.1) is 0 Å². The maximum Gasteiger partial charge on any atom is 0.123 e. The van der Waals surface area contributed by atoms with Crippen molar-refractivity contribution in [3.8, 4) is 0 Å². The average Bonchev–Trinajstić information content (AvgIpc) is 2.33. The molecule has 0 aromatic heterocycles. The quantitative estimate of drug-likeness (QED) is 0.862. The molecule has 0 aliphatic carbocycles. The molecule has 1 N–H and O–H groups in total. The van der Waals surface area contributed by atoms with E-state index in [0.717, 1.165) is 38.3 Å². The van der Waals surface area contributed by atoms with Crippen LogP contribution in [0.1, 0.15) is 12.5 Å². The zero-order chi connectivity index (χ0) is 12.1. The summed E-state index contributed by atoms with van der Waals surface area (Å²) in [6, 6.07) is 6.64. The molecule has 1 aliphatic heterocycles. The number of nitrogens with one attached hydrogen (secondary N) is 1. The number of rotatable bonds is 3. The van der Waals surface area contributed by atoms with Gasteiger partial charge in [0.15, 0.2) is 0 Å². The van der Waals surface area contributed by atoms with Gasteiger partial charge < -0.3 is 5.32 Å². The molecule has 1 fully saturated rings. The molecule has 1 aliphatic rings. The minimum absolute atomic E-state index is 0.179. The number of nitrogens with zero attached hydrogens (tertiary/aromatic N) is 1. The van der Waals surface area contributed by atoms with Crippen LogP contribution in [-0.4, -0.2) is 37.6 Å². The monoisotopic (exact) mass is 234 g/mol. The highest BCUT2D eigenvalue weighted by Crippen LogP contribution is 2.09. The summed E-state index contributed by atoms with van der Waals surface area (Å²) in [4.78, 5) is 2.44. The first-order valence-electron chi connectivity index (χ1n) is 6.10. The molecular formula is C14H19FN2. The third-order valence-corrected chi connectivity index (χ3v) is 2.97. The first kappa shape index (κ1) is 12.3. The number of hydrogen-bond acceptors (Lipinski definition) is 2. The van der Waals surface area contributed by atoms with Gasteiger partial charge in [-0.05, 0) is 24.6 Å². The van der Waals surface area contributed by atoms with Gasteiger partial charge in [0.2, 0.25) is 0 Å². The smallest absolute Gasteiger partial charge is 0.123 e. The maximum absolute atomic E-state index is 12.8. The van der Waals surface area contributed by atoms with Crippen LogP contribution in [0.4, 0.5) is 4.39 Å². The second-order valence-electron chi connectivity index (χ2n) is 4.57. The van der Waals surface area contributed by atoms with Gasteiger partial charge in [0.25, 0.3) is 0 Å². The largest absolute Gasteiger partial charge is 0.314 e. The molecular weight excluding hydrogens is 215 g/mol. The van der Waals surface area contributed by atoms with Crippen molar-refractivity contribution in [2.75, 3.05) is 32.7 Å². The Bertz CT molecular complexity index is 378. The van der Waals surface area contributed by atoms with Crippen LogP contribution in [0.25, 0.3) is 6.08 Å². The highest BCUT2D eigenvalue weighted by molar-refractivity contribution is 5.52. The Balaban J connectivity index is 1.93. The SMILES string of the molecule is CC(=Cc1ccc(F)cc1)CN1CCNCC1. The number of benzene rings is 1. The lowest BCUT2D eigenvalue weighted by Gasteiger charge is -2.27. The first-order chi connectivity index (χ1) is 8.24. The van der Waals surface area contributed by atoms with Gasteiger partial charge >= 0.3 is 0 Å². The van der Waals surface area contributed by atoms with E-state index in [1.54, 1.807) is 0 Å². The molecule has 92 valence electrons. The van der Waals surface area contributed by atoms with E-state index >= 15 is 0 Å². The minimum atomic E-state index is -0.179. The van der Waals surface area contributed by atoms with Crippen molar-refractivity contribution in [3.63, 3.8) is 0 Å². The molecule has 3 heteroatoms. The van der Waals surface area contributed by atoms with Crippen LogP contribution in [0.15, 0.2) is 29.8 Å². The Morgan fingerprint density at radius 2 is 1.94 bits per heavy atom. The molecule has 0 amide bonds. The van der Waals surface area contributed by atoms with Crippen molar-refractivity contribution in [1.82, 2.24) is 10.2 Å². The number of piperazine rings is 1. The summed E-state index contributed by atoms with van der Waals surface area (Å²) in [5, 5.41) is 3.34. The Hall–Kier alpha value is -1.19. The van der Waals surface area contributed by atoms with Gasteiger partial charge in [0.1, 0.15) is 5.82 Å².